The van der Waals surface area contributed by atoms with Crippen LogP contribution in [0.15, 0.2) is 18.3 Å². The number of rotatable bonds is 5. The number of carbonyl (C=O) groups is 1. The van der Waals surface area contributed by atoms with Crippen LogP contribution in [0.3, 0.4) is 0 Å². The molecule has 1 aromatic heterocycles. The summed E-state index contributed by atoms with van der Waals surface area (Å²) in [7, 11) is -3.35. The molecular formula is C16H22F3N3O3S. The first-order chi connectivity index (χ1) is 12.0. The zero-order valence-corrected chi connectivity index (χ0v) is 15.3. The van der Waals surface area contributed by atoms with Crippen molar-refractivity contribution in [3.8, 4) is 0 Å². The van der Waals surface area contributed by atoms with Gasteiger partial charge in [0.05, 0.1) is 10.8 Å². The smallest absolute Gasteiger partial charge is 0.310 e. The van der Waals surface area contributed by atoms with Crippen LogP contribution in [-0.2, 0) is 21.0 Å². The van der Waals surface area contributed by atoms with E-state index in [-0.39, 0.29) is 23.7 Å². The largest absolute Gasteiger partial charge is 0.417 e. The van der Waals surface area contributed by atoms with Gasteiger partial charge in [0.1, 0.15) is 5.82 Å². The molecule has 1 amide bonds. The highest BCUT2D eigenvalue weighted by Gasteiger charge is 2.32. The molecule has 0 unspecified atom stereocenters. The minimum atomic E-state index is -4.47. The molecule has 1 aromatic rings. The van der Waals surface area contributed by atoms with Crippen LogP contribution in [0.2, 0.25) is 0 Å². The first kappa shape index (κ1) is 20.6. The lowest BCUT2D eigenvalue weighted by Crippen LogP contribution is -2.42. The number of hydrogen-bond donors (Lipinski definition) is 2. The second-order valence-electron chi connectivity index (χ2n) is 6.68. The van der Waals surface area contributed by atoms with Gasteiger partial charge in [-0.15, -0.1) is 0 Å². The van der Waals surface area contributed by atoms with Gasteiger partial charge in [-0.25, -0.2) is 18.1 Å². The average molecular weight is 393 g/mol. The lowest BCUT2D eigenvalue weighted by molar-refractivity contribution is -0.137. The number of nitrogens with one attached hydrogen (secondary N) is 2. The van der Waals surface area contributed by atoms with E-state index in [0.29, 0.717) is 31.9 Å². The zero-order valence-electron chi connectivity index (χ0n) is 14.5. The van der Waals surface area contributed by atoms with Crippen LogP contribution in [0.25, 0.3) is 0 Å². The molecule has 1 aliphatic rings. The molecule has 0 radical (unpaired) electrons. The van der Waals surface area contributed by atoms with Crippen molar-refractivity contribution in [1.29, 1.82) is 0 Å². The maximum absolute atomic E-state index is 12.5. The van der Waals surface area contributed by atoms with E-state index in [4.69, 9.17) is 0 Å². The highest BCUT2D eigenvalue weighted by atomic mass is 32.2. The van der Waals surface area contributed by atoms with Crippen molar-refractivity contribution in [2.75, 3.05) is 5.32 Å². The van der Waals surface area contributed by atoms with Gasteiger partial charge < -0.3 is 5.32 Å². The maximum Gasteiger partial charge on any atom is 0.417 e. The third-order valence-corrected chi connectivity index (χ3v) is 6.29. The molecule has 0 bridgehead atoms. The number of aromatic nitrogens is 1. The Bertz CT molecular complexity index is 725. The van der Waals surface area contributed by atoms with Crippen molar-refractivity contribution in [3.63, 3.8) is 0 Å². The van der Waals surface area contributed by atoms with Crippen molar-refractivity contribution in [2.45, 2.75) is 57.0 Å². The second kappa shape index (κ2) is 7.91. The minimum Gasteiger partial charge on any atom is -0.310 e. The third kappa shape index (κ3) is 5.41. The van der Waals surface area contributed by atoms with Gasteiger partial charge in [-0.2, -0.15) is 13.2 Å². The van der Waals surface area contributed by atoms with Gasteiger partial charge in [0.2, 0.25) is 15.9 Å². The number of halogens is 3. The SMILES string of the molecule is CC(C)S(=O)(=O)N[C@H]1CC[C@H](C(=O)Nc2ccc(C(F)(F)F)cn2)CC1. The van der Waals surface area contributed by atoms with Crippen LogP contribution in [-0.4, -0.2) is 30.6 Å². The molecule has 10 heteroatoms. The van der Waals surface area contributed by atoms with Crippen molar-refractivity contribution in [2.24, 2.45) is 5.92 Å². The summed E-state index contributed by atoms with van der Waals surface area (Å²) in [6, 6.07) is 1.78. The van der Waals surface area contributed by atoms with E-state index in [1.807, 2.05) is 0 Å². The van der Waals surface area contributed by atoms with Crippen LogP contribution >= 0.6 is 0 Å². The molecule has 0 aromatic carbocycles. The van der Waals surface area contributed by atoms with Gasteiger partial charge >= 0.3 is 6.18 Å². The van der Waals surface area contributed by atoms with E-state index in [9.17, 15) is 26.4 Å². The quantitative estimate of drug-likeness (QED) is 0.805. The van der Waals surface area contributed by atoms with E-state index in [1.165, 1.54) is 0 Å². The van der Waals surface area contributed by atoms with Crippen LogP contribution in [0, 0.1) is 5.92 Å². The topological polar surface area (TPSA) is 88.2 Å². The Kier molecular flexibility index (Phi) is 6.28. The Morgan fingerprint density at radius 2 is 1.81 bits per heavy atom. The number of amides is 1. The number of anilines is 1. The number of carbonyl (C=O) groups excluding carboxylic acids is 1. The van der Waals surface area contributed by atoms with Crippen LogP contribution < -0.4 is 10.0 Å². The number of alkyl halides is 3. The maximum atomic E-state index is 12.5. The van der Waals surface area contributed by atoms with Gasteiger partial charge in [-0.05, 0) is 51.7 Å². The fourth-order valence-corrected chi connectivity index (χ4v) is 3.68. The van der Waals surface area contributed by atoms with E-state index in [0.717, 1.165) is 12.1 Å². The highest BCUT2D eigenvalue weighted by Crippen LogP contribution is 2.29. The predicted molar refractivity (Wildman–Crippen MR) is 90.8 cm³/mol. The lowest BCUT2D eigenvalue weighted by atomic mass is 9.86. The third-order valence-electron chi connectivity index (χ3n) is 4.39. The Balaban J connectivity index is 1.87. The molecule has 1 saturated carbocycles. The molecule has 1 heterocycles. The van der Waals surface area contributed by atoms with Crippen molar-refractivity contribution < 1.29 is 26.4 Å². The van der Waals surface area contributed by atoms with Gasteiger partial charge in [0, 0.05) is 18.2 Å². The molecule has 0 aliphatic heterocycles. The summed E-state index contributed by atoms with van der Waals surface area (Å²) in [4.78, 5) is 15.9. The monoisotopic (exact) mass is 393 g/mol. The summed E-state index contributed by atoms with van der Waals surface area (Å²) < 4.78 is 63.9. The van der Waals surface area contributed by atoms with Crippen molar-refractivity contribution >= 4 is 21.7 Å². The van der Waals surface area contributed by atoms with E-state index in [1.54, 1.807) is 13.8 Å². The summed E-state index contributed by atoms with van der Waals surface area (Å²) in [5, 5.41) is 2.00. The molecule has 26 heavy (non-hydrogen) atoms. The standard InChI is InChI=1S/C16H22F3N3O3S/c1-10(2)26(24,25)22-13-6-3-11(4-7-13)15(23)21-14-8-5-12(9-20-14)16(17,18)19/h5,8-11,13,22H,3-4,6-7H2,1-2H3,(H,20,21,23)/t11-,13-. The first-order valence-electron chi connectivity index (χ1n) is 8.34. The summed E-state index contributed by atoms with van der Waals surface area (Å²) in [5.74, 6) is -0.577. The van der Waals surface area contributed by atoms with Crippen molar-refractivity contribution in [1.82, 2.24) is 9.71 Å². The highest BCUT2D eigenvalue weighted by molar-refractivity contribution is 7.90. The normalized spacial score (nSPS) is 21.6. The van der Waals surface area contributed by atoms with E-state index >= 15 is 0 Å². The molecule has 0 saturated heterocycles. The van der Waals surface area contributed by atoms with Crippen molar-refractivity contribution in [3.05, 3.63) is 23.9 Å². The minimum absolute atomic E-state index is 0.0608. The molecule has 2 rings (SSSR count). The summed E-state index contributed by atoms with van der Waals surface area (Å²) in [6.07, 6.45) is -1.74. The van der Waals surface area contributed by atoms with Crippen LogP contribution in [0.5, 0.6) is 0 Å². The molecule has 146 valence electrons. The van der Waals surface area contributed by atoms with E-state index < -0.39 is 27.0 Å². The van der Waals surface area contributed by atoms with E-state index in [2.05, 4.69) is 15.0 Å². The Morgan fingerprint density at radius 3 is 2.27 bits per heavy atom. The summed E-state index contributed by atoms with van der Waals surface area (Å²) >= 11 is 0. The molecule has 0 spiro atoms. The van der Waals surface area contributed by atoms with Gasteiger partial charge in [0.25, 0.3) is 0 Å². The van der Waals surface area contributed by atoms with Crippen LogP contribution in [0.4, 0.5) is 19.0 Å². The average Bonchev–Trinajstić information content (AvgIpc) is 2.54. The molecule has 0 atom stereocenters. The molecule has 1 aliphatic carbocycles. The number of sulfonamides is 1. The molecule has 2 N–H and O–H groups in total. The summed E-state index contributed by atoms with van der Waals surface area (Å²) in [5.41, 5.74) is -0.881. The lowest BCUT2D eigenvalue weighted by Gasteiger charge is -2.28. The van der Waals surface area contributed by atoms with Gasteiger partial charge in [0.15, 0.2) is 0 Å². The number of hydrogen-bond acceptors (Lipinski definition) is 4. The fraction of sp³-hybridized carbons (Fsp3) is 0.625. The zero-order chi connectivity index (χ0) is 19.5. The Morgan fingerprint density at radius 1 is 1.19 bits per heavy atom. The predicted octanol–water partition coefficient (Wildman–Crippen LogP) is 2.93. The number of nitrogens with zero attached hydrogens (tertiary/aromatic N) is 1. The van der Waals surface area contributed by atoms with Gasteiger partial charge in [-0.1, -0.05) is 0 Å². The number of pyridine rings is 1. The Labute approximate surface area is 150 Å². The molecule has 6 nitrogen and oxygen atoms in total. The fourth-order valence-electron chi connectivity index (χ4n) is 2.71. The molecular weight excluding hydrogens is 371 g/mol. The Hall–Kier alpha value is -1.68. The first-order valence-corrected chi connectivity index (χ1v) is 9.89. The van der Waals surface area contributed by atoms with Crippen LogP contribution in [0.1, 0.15) is 45.1 Å². The van der Waals surface area contributed by atoms with Gasteiger partial charge in [-0.3, -0.25) is 4.79 Å². The summed E-state index contributed by atoms with van der Waals surface area (Å²) in [6.45, 7) is 3.19. The molecule has 1 fully saturated rings. The second-order valence-corrected chi connectivity index (χ2v) is 8.95.